The number of rotatable bonds is 6. The lowest BCUT2D eigenvalue weighted by Crippen LogP contribution is -2.15. The second-order valence-corrected chi connectivity index (χ2v) is 7.06. The third-order valence-corrected chi connectivity index (χ3v) is 5.14. The molecule has 8 heteroatoms. The van der Waals surface area contributed by atoms with E-state index in [1.165, 1.54) is 19.2 Å². The van der Waals surface area contributed by atoms with Gasteiger partial charge in [0.25, 0.3) is 0 Å². The van der Waals surface area contributed by atoms with Crippen molar-refractivity contribution in [2.24, 2.45) is 0 Å². The number of aromatic nitrogens is 1. The van der Waals surface area contributed by atoms with Gasteiger partial charge in [0, 0.05) is 23.6 Å². The molecule has 3 rings (SSSR count). The van der Waals surface area contributed by atoms with Gasteiger partial charge in [-0.3, -0.25) is 0 Å². The minimum atomic E-state index is -0.659. The number of halogens is 2. The fourth-order valence-electron chi connectivity index (χ4n) is 2.77. The molecule has 1 heterocycles. The molecule has 1 unspecified atom stereocenters. The van der Waals surface area contributed by atoms with Crippen LogP contribution >= 0.6 is 20.8 Å². The Morgan fingerprint density at radius 2 is 1.97 bits per heavy atom. The quantitative estimate of drug-likeness (QED) is 0.460. The normalized spacial score (nSPS) is 10.5. The molecule has 1 N–H and O–H groups in total. The summed E-state index contributed by atoms with van der Waals surface area (Å²) >= 11 is 5.99. The molecule has 1 aromatic heterocycles. The summed E-state index contributed by atoms with van der Waals surface area (Å²) in [7, 11) is 5.54. The molecule has 0 saturated carbocycles. The Balaban J connectivity index is 2.00. The first-order valence-electron chi connectivity index (χ1n) is 8.68. The van der Waals surface area contributed by atoms with Crippen LogP contribution in [0, 0.1) is 5.82 Å². The number of carbonyl (C=O) groups is 1. The Hall–Kier alpha value is -2.69. The van der Waals surface area contributed by atoms with Crippen molar-refractivity contribution < 1.29 is 18.7 Å². The van der Waals surface area contributed by atoms with Gasteiger partial charge >= 0.3 is 5.97 Å². The Morgan fingerprint density at radius 3 is 2.62 bits per heavy atom. The van der Waals surface area contributed by atoms with Crippen molar-refractivity contribution in [3.05, 3.63) is 70.6 Å². The minimum Gasteiger partial charge on any atom is -0.492 e. The van der Waals surface area contributed by atoms with Gasteiger partial charge in [-0.15, -0.1) is 9.24 Å². The van der Waals surface area contributed by atoms with Crippen LogP contribution in [0.15, 0.2) is 48.5 Å². The van der Waals surface area contributed by atoms with Gasteiger partial charge in [0.2, 0.25) is 0 Å². The molecule has 0 radical (unpaired) electrons. The van der Waals surface area contributed by atoms with Crippen molar-refractivity contribution in [3.63, 3.8) is 0 Å². The Labute approximate surface area is 175 Å². The zero-order chi connectivity index (χ0) is 21.0. The molecule has 2 aromatic carbocycles. The fourth-order valence-corrected chi connectivity index (χ4v) is 3.44. The molecule has 0 saturated heterocycles. The minimum absolute atomic E-state index is 0.0554. The summed E-state index contributed by atoms with van der Waals surface area (Å²) in [4.78, 5) is 16.9. The molecule has 0 aliphatic rings. The van der Waals surface area contributed by atoms with E-state index in [0.717, 1.165) is 5.56 Å². The van der Waals surface area contributed by atoms with Crippen LogP contribution in [0.1, 0.15) is 16.1 Å². The highest BCUT2D eigenvalue weighted by Gasteiger charge is 2.21. The van der Waals surface area contributed by atoms with Crippen LogP contribution in [0.3, 0.4) is 0 Å². The number of pyridine rings is 1. The lowest BCUT2D eigenvalue weighted by atomic mass is 10.1. The van der Waals surface area contributed by atoms with Crippen molar-refractivity contribution in [2.75, 3.05) is 19.5 Å². The van der Waals surface area contributed by atoms with Gasteiger partial charge in [-0.1, -0.05) is 41.9 Å². The monoisotopic (exact) mass is 432 g/mol. The van der Waals surface area contributed by atoms with E-state index in [1.54, 1.807) is 13.1 Å². The number of carbonyl (C=O) groups excluding carboxylic acids is 1. The van der Waals surface area contributed by atoms with E-state index in [1.807, 2.05) is 30.3 Å². The van der Waals surface area contributed by atoms with Crippen LogP contribution in [0.2, 0.25) is 5.02 Å². The standard InChI is InChI=1S/C21H19ClFN2O3P/c1-24-15-10-16(21(26)28-11-12-6-4-3-5-7-12)25-18(20(15)29)13-8-9-14(22)19(27-2)17(13)23/h3-10H,11,29H2,1-2H3,(H,24,25). The Morgan fingerprint density at radius 1 is 1.24 bits per heavy atom. The highest BCUT2D eigenvalue weighted by atomic mass is 35.5. The van der Waals surface area contributed by atoms with Gasteiger partial charge in [0.1, 0.15) is 6.61 Å². The van der Waals surface area contributed by atoms with E-state index in [2.05, 4.69) is 19.5 Å². The topological polar surface area (TPSA) is 60.5 Å². The molecule has 0 amide bonds. The van der Waals surface area contributed by atoms with E-state index in [4.69, 9.17) is 21.1 Å². The molecule has 0 aliphatic carbocycles. The third-order valence-electron chi connectivity index (χ3n) is 4.26. The second-order valence-electron chi connectivity index (χ2n) is 6.07. The van der Waals surface area contributed by atoms with Crippen molar-refractivity contribution >= 4 is 37.8 Å². The smallest absolute Gasteiger partial charge is 0.357 e. The summed E-state index contributed by atoms with van der Waals surface area (Å²) in [5, 5.41) is 3.72. The fraction of sp³-hybridized carbons (Fsp3) is 0.143. The highest BCUT2D eigenvalue weighted by Crippen LogP contribution is 2.35. The summed E-state index contributed by atoms with van der Waals surface area (Å²) in [6.07, 6.45) is 0. The van der Waals surface area contributed by atoms with Crippen molar-refractivity contribution in [1.29, 1.82) is 0 Å². The summed E-state index contributed by atoms with van der Waals surface area (Å²) in [5.41, 5.74) is 1.93. The van der Waals surface area contributed by atoms with E-state index in [9.17, 15) is 9.18 Å². The highest BCUT2D eigenvalue weighted by molar-refractivity contribution is 7.28. The largest absolute Gasteiger partial charge is 0.492 e. The first-order valence-corrected chi connectivity index (χ1v) is 9.63. The average Bonchev–Trinajstić information content (AvgIpc) is 2.74. The Kier molecular flexibility index (Phi) is 6.68. The number of nitrogens with one attached hydrogen (secondary N) is 1. The number of nitrogens with zero attached hydrogens (tertiary/aromatic N) is 1. The summed E-state index contributed by atoms with van der Waals surface area (Å²) in [6, 6.07) is 13.9. The molecule has 150 valence electrons. The van der Waals surface area contributed by atoms with Crippen LogP contribution in [0.5, 0.6) is 5.75 Å². The number of benzene rings is 2. The first-order chi connectivity index (χ1) is 14.0. The molecule has 29 heavy (non-hydrogen) atoms. The van der Waals surface area contributed by atoms with Crippen LogP contribution < -0.4 is 15.4 Å². The van der Waals surface area contributed by atoms with Gasteiger partial charge in [-0.2, -0.15) is 0 Å². The maximum atomic E-state index is 14.9. The lowest BCUT2D eigenvalue weighted by Gasteiger charge is -2.15. The molecule has 5 nitrogen and oxygen atoms in total. The predicted octanol–water partition coefficient (Wildman–Crippen LogP) is 4.45. The van der Waals surface area contributed by atoms with Crippen molar-refractivity contribution in [2.45, 2.75) is 6.61 Å². The number of hydrogen-bond acceptors (Lipinski definition) is 5. The number of esters is 1. The number of anilines is 1. The van der Waals surface area contributed by atoms with Gasteiger partial charge in [0.05, 0.1) is 17.8 Å². The molecule has 0 spiro atoms. The summed E-state index contributed by atoms with van der Waals surface area (Å²) < 4.78 is 25.4. The number of methoxy groups -OCH3 is 1. The van der Waals surface area contributed by atoms with Gasteiger partial charge in [0.15, 0.2) is 17.3 Å². The van der Waals surface area contributed by atoms with Crippen LogP contribution in [0.4, 0.5) is 10.1 Å². The zero-order valence-electron chi connectivity index (χ0n) is 15.8. The zero-order valence-corrected chi connectivity index (χ0v) is 17.7. The Bertz CT molecular complexity index is 1050. The van der Waals surface area contributed by atoms with E-state index >= 15 is 0 Å². The number of ether oxygens (including phenoxy) is 2. The molecule has 0 bridgehead atoms. The lowest BCUT2D eigenvalue weighted by molar-refractivity contribution is 0.0466. The molecule has 0 aliphatic heterocycles. The molecular formula is C21H19ClFN2O3P. The predicted molar refractivity (Wildman–Crippen MR) is 116 cm³/mol. The van der Waals surface area contributed by atoms with E-state index in [-0.39, 0.29) is 34.3 Å². The van der Waals surface area contributed by atoms with Crippen LogP contribution in [0.25, 0.3) is 11.3 Å². The second kappa shape index (κ2) is 9.21. The van der Waals surface area contributed by atoms with Crippen molar-refractivity contribution in [3.8, 4) is 17.0 Å². The van der Waals surface area contributed by atoms with E-state index < -0.39 is 11.8 Å². The SMILES string of the molecule is CNc1cc(C(=O)OCc2ccccc2)nc(-c2ccc(Cl)c(OC)c2F)c1P. The van der Waals surface area contributed by atoms with Gasteiger partial charge in [-0.25, -0.2) is 14.2 Å². The maximum absolute atomic E-state index is 14.9. The maximum Gasteiger partial charge on any atom is 0.357 e. The van der Waals surface area contributed by atoms with Crippen LogP contribution in [-0.2, 0) is 11.3 Å². The van der Waals surface area contributed by atoms with Gasteiger partial charge < -0.3 is 14.8 Å². The molecule has 3 aromatic rings. The molecule has 0 fully saturated rings. The number of hydrogen-bond donors (Lipinski definition) is 1. The molecular weight excluding hydrogens is 414 g/mol. The third kappa shape index (κ3) is 4.50. The first kappa shape index (κ1) is 21.0. The summed E-state index contributed by atoms with van der Waals surface area (Å²) in [6.45, 7) is 0.108. The van der Waals surface area contributed by atoms with Crippen LogP contribution in [-0.4, -0.2) is 25.1 Å². The average molecular weight is 433 g/mol. The van der Waals surface area contributed by atoms with E-state index in [0.29, 0.717) is 11.0 Å². The van der Waals surface area contributed by atoms with Crippen molar-refractivity contribution in [1.82, 2.24) is 4.98 Å². The van der Waals surface area contributed by atoms with Gasteiger partial charge in [-0.05, 0) is 23.8 Å². The summed E-state index contributed by atoms with van der Waals surface area (Å²) in [5.74, 6) is -1.36. The molecule has 1 atom stereocenters.